The van der Waals surface area contributed by atoms with Gasteiger partial charge in [-0.3, -0.25) is 5.10 Å². The Morgan fingerprint density at radius 2 is 2.18 bits per heavy atom. The van der Waals surface area contributed by atoms with E-state index in [1.807, 2.05) is 0 Å². The van der Waals surface area contributed by atoms with Crippen molar-refractivity contribution in [3.63, 3.8) is 0 Å². The van der Waals surface area contributed by atoms with Gasteiger partial charge in [0.05, 0.1) is 5.56 Å². The summed E-state index contributed by atoms with van der Waals surface area (Å²) in [6.45, 7) is 0. The van der Waals surface area contributed by atoms with Gasteiger partial charge in [0.25, 0.3) is 0 Å². The quantitative estimate of drug-likeness (QED) is 0.451. The van der Waals surface area contributed by atoms with E-state index in [9.17, 15) is 0 Å². The molecule has 6 heteroatoms. The molecule has 0 aliphatic heterocycles. The standard InChI is InChI=1S/C5H8ClN5/c6-3(7)1-2-4(8)10-11-5(2)9/h1H,7H2,(H5,8,9,10,11)/b3-1-. The highest BCUT2D eigenvalue weighted by Crippen LogP contribution is 2.18. The van der Waals surface area contributed by atoms with Crippen molar-refractivity contribution in [2.24, 2.45) is 5.73 Å². The van der Waals surface area contributed by atoms with Crippen LogP contribution in [0.4, 0.5) is 11.6 Å². The first kappa shape index (κ1) is 7.74. The normalized spacial score (nSPS) is 11.9. The second kappa shape index (κ2) is 2.71. The van der Waals surface area contributed by atoms with Crippen molar-refractivity contribution >= 4 is 29.3 Å². The molecule has 7 N–H and O–H groups in total. The van der Waals surface area contributed by atoms with Gasteiger partial charge >= 0.3 is 0 Å². The highest BCUT2D eigenvalue weighted by molar-refractivity contribution is 6.31. The number of hydrogen-bond donors (Lipinski definition) is 4. The van der Waals surface area contributed by atoms with Crippen molar-refractivity contribution in [3.05, 3.63) is 10.7 Å². The van der Waals surface area contributed by atoms with Crippen molar-refractivity contribution in [1.29, 1.82) is 0 Å². The molecule has 1 aromatic heterocycles. The van der Waals surface area contributed by atoms with E-state index in [4.69, 9.17) is 28.8 Å². The van der Waals surface area contributed by atoms with E-state index in [1.54, 1.807) is 0 Å². The molecular formula is C5H8ClN5. The van der Waals surface area contributed by atoms with Crippen molar-refractivity contribution in [2.75, 3.05) is 11.5 Å². The molecule has 0 atom stereocenters. The third kappa shape index (κ3) is 1.56. The average molecular weight is 174 g/mol. The first-order chi connectivity index (χ1) is 5.11. The van der Waals surface area contributed by atoms with Crippen LogP contribution in [0.3, 0.4) is 0 Å². The van der Waals surface area contributed by atoms with Crippen LogP contribution in [-0.2, 0) is 0 Å². The lowest BCUT2D eigenvalue weighted by molar-refractivity contribution is 1.11. The minimum absolute atomic E-state index is 0.116. The Morgan fingerprint density at radius 1 is 1.55 bits per heavy atom. The fourth-order valence-electron chi connectivity index (χ4n) is 0.668. The van der Waals surface area contributed by atoms with Gasteiger partial charge in [-0.05, 0) is 6.08 Å². The van der Waals surface area contributed by atoms with E-state index in [1.165, 1.54) is 6.08 Å². The fourth-order valence-corrected chi connectivity index (χ4v) is 0.778. The Kier molecular flexibility index (Phi) is 1.91. The molecule has 1 aromatic rings. The molecule has 0 saturated heterocycles. The van der Waals surface area contributed by atoms with Gasteiger partial charge in [0, 0.05) is 0 Å². The maximum atomic E-state index is 5.43. The van der Waals surface area contributed by atoms with Crippen LogP contribution in [0.25, 0.3) is 6.08 Å². The Hall–Kier alpha value is -1.36. The lowest BCUT2D eigenvalue weighted by atomic mass is 10.3. The fraction of sp³-hybridized carbons (Fsp3) is 0. The molecular weight excluding hydrogens is 166 g/mol. The van der Waals surface area contributed by atoms with E-state index in [0.717, 1.165) is 0 Å². The van der Waals surface area contributed by atoms with Gasteiger partial charge in [0.1, 0.15) is 11.0 Å². The summed E-state index contributed by atoms with van der Waals surface area (Å²) >= 11 is 5.40. The van der Waals surface area contributed by atoms with Gasteiger partial charge in [-0.15, -0.1) is 0 Å². The van der Waals surface area contributed by atoms with E-state index in [2.05, 4.69) is 10.2 Å². The summed E-state index contributed by atoms with van der Waals surface area (Å²) in [6, 6.07) is 0. The molecule has 0 saturated carbocycles. The lowest BCUT2D eigenvalue weighted by Crippen LogP contribution is -1.93. The van der Waals surface area contributed by atoms with Gasteiger partial charge < -0.3 is 17.2 Å². The summed E-state index contributed by atoms with van der Waals surface area (Å²) in [5, 5.41) is 6.24. The predicted octanol–water partition coefficient (Wildman–Crippen LogP) is 0.0700. The summed E-state index contributed by atoms with van der Waals surface area (Å²) in [5.74, 6) is 0.636. The molecule has 0 fully saturated rings. The second-order valence-electron chi connectivity index (χ2n) is 1.97. The van der Waals surface area contributed by atoms with Crippen molar-refractivity contribution in [2.45, 2.75) is 0 Å². The summed E-state index contributed by atoms with van der Waals surface area (Å²) in [4.78, 5) is 0. The molecule has 11 heavy (non-hydrogen) atoms. The summed E-state index contributed by atoms with van der Waals surface area (Å²) in [6.07, 6.45) is 1.44. The van der Waals surface area contributed by atoms with Gasteiger partial charge in [0.2, 0.25) is 0 Å². The number of nitrogen functional groups attached to an aromatic ring is 2. The van der Waals surface area contributed by atoms with Crippen molar-refractivity contribution in [1.82, 2.24) is 10.2 Å². The predicted molar refractivity (Wildman–Crippen MR) is 45.4 cm³/mol. The number of hydrogen-bond acceptors (Lipinski definition) is 4. The molecule has 0 radical (unpaired) electrons. The molecule has 0 aromatic carbocycles. The third-order valence-electron chi connectivity index (χ3n) is 1.15. The molecule has 0 bridgehead atoms. The first-order valence-electron chi connectivity index (χ1n) is 2.83. The van der Waals surface area contributed by atoms with Crippen LogP contribution in [0, 0.1) is 0 Å². The van der Waals surface area contributed by atoms with Gasteiger partial charge in [0.15, 0.2) is 5.82 Å². The van der Waals surface area contributed by atoms with Crippen LogP contribution < -0.4 is 17.2 Å². The topological polar surface area (TPSA) is 107 Å². The number of aromatic amines is 1. The highest BCUT2D eigenvalue weighted by Gasteiger charge is 2.04. The number of nitrogens with zero attached hydrogens (tertiary/aromatic N) is 1. The van der Waals surface area contributed by atoms with E-state index in [0.29, 0.717) is 11.4 Å². The van der Waals surface area contributed by atoms with Crippen LogP contribution in [0.1, 0.15) is 5.56 Å². The van der Waals surface area contributed by atoms with Crippen molar-refractivity contribution in [3.8, 4) is 0 Å². The van der Waals surface area contributed by atoms with E-state index in [-0.39, 0.29) is 11.0 Å². The second-order valence-corrected chi connectivity index (χ2v) is 2.40. The molecule has 60 valence electrons. The zero-order valence-corrected chi connectivity index (χ0v) is 6.39. The number of halogens is 1. The monoisotopic (exact) mass is 173 g/mol. The molecule has 0 aliphatic rings. The number of H-pyrrole nitrogens is 1. The molecule has 0 spiro atoms. The number of aromatic nitrogens is 2. The van der Waals surface area contributed by atoms with Gasteiger partial charge in [-0.25, -0.2) is 0 Å². The molecule has 0 aliphatic carbocycles. The SMILES string of the molecule is N/C(Cl)=C\c1c(N)n[nH]c1N. The van der Waals surface area contributed by atoms with Crippen LogP contribution in [-0.4, -0.2) is 10.2 Å². The zero-order valence-electron chi connectivity index (χ0n) is 5.63. The van der Waals surface area contributed by atoms with E-state index < -0.39 is 0 Å². The largest absolute Gasteiger partial charge is 0.389 e. The highest BCUT2D eigenvalue weighted by atomic mass is 35.5. The minimum Gasteiger partial charge on any atom is -0.389 e. The van der Waals surface area contributed by atoms with Gasteiger partial charge in [-0.2, -0.15) is 5.10 Å². The zero-order chi connectivity index (χ0) is 8.43. The summed E-state index contributed by atoms with van der Waals surface area (Å²) in [7, 11) is 0. The average Bonchev–Trinajstić information content (AvgIpc) is 2.18. The molecule has 1 heterocycles. The maximum Gasteiger partial charge on any atom is 0.154 e. The Balaban J connectivity index is 3.11. The van der Waals surface area contributed by atoms with Crippen LogP contribution >= 0.6 is 11.6 Å². The number of nitrogens with one attached hydrogen (secondary N) is 1. The van der Waals surface area contributed by atoms with Crippen LogP contribution in [0.5, 0.6) is 0 Å². The van der Waals surface area contributed by atoms with Gasteiger partial charge in [-0.1, -0.05) is 11.6 Å². The van der Waals surface area contributed by atoms with E-state index >= 15 is 0 Å². The van der Waals surface area contributed by atoms with Crippen molar-refractivity contribution < 1.29 is 0 Å². The number of anilines is 2. The molecule has 0 amide bonds. The lowest BCUT2D eigenvalue weighted by Gasteiger charge is -1.91. The first-order valence-corrected chi connectivity index (χ1v) is 3.21. The molecule has 1 rings (SSSR count). The minimum atomic E-state index is 0.116. The smallest absolute Gasteiger partial charge is 0.154 e. The summed E-state index contributed by atoms with van der Waals surface area (Å²) in [5.41, 5.74) is 16.6. The Labute approximate surface area is 68.2 Å². The Bertz CT molecular complexity index is 266. The summed E-state index contributed by atoms with van der Waals surface area (Å²) < 4.78 is 0. The third-order valence-corrected chi connectivity index (χ3v) is 1.25. The number of nitrogens with two attached hydrogens (primary N) is 3. The maximum absolute atomic E-state index is 5.43. The van der Waals surface area contributed by atoms with Crippen LogP contribution in [0.15, 0.2) is 5.16 Å². The van der Waals surface area contributed by atoms with Crippen LogP contribution in [0.2, 0.25) is 0 Å². The Morgan fingerprint density at radius 3 is 2.55 bits per heavy atom. The molecule has 5 nitrogen and oxygen atoms in total. The molecule has 0 unspecified atom stereocenters. The number of rotatable bonds is 1.